The zero-order chi connectivity index (χ0) is 22.9. The van der Waals surface area contributed by atoms with E-state index in [9.17, 15) is 4.39 Å². The van der Waals surface area contributed by atoms with E-state index in [0.717, 1.165) is 19.7 Å². The van der Waals surface area contributed by atoms with Gasteiger partial charge in [0.2, 0.25) is 0 Å². The van der Waals surface area contributed by atoms with E-state index in [4.69, 9.17) is 25.8 Å². The van der Waals surface area contributed by atoms with Gasteiger partial charge >= 0.3 is 0 Å². The SMILES string of the molecule is COc1cc2c(Nc3cc(Cl)c(Br)cc3F)ncnc2cc1OC[C@@H]1CN2CCC[C@H]2CO1. The van der Waals surface area contributed by atoms with Crippen LogP contribution in [-0.2, 0) is 4.74 Å². The van der Waals surface area contributed by atoms with Crippen LogP contribution >= 0.6 is 27.5 Å². The molecule has 7 nitrogen and oxygen atoms in total. The zero-order valence-corrected chi connectivity index (χ0v) is 20.3. The van der Waals surface area contributed by atoms with E-state index >= 15 is 0 Å². The van der Waals surface area contributed by atoms with Crippen LogP contribution < -0.4 is 14.8 Å². The smallest absolute Gasteiger partial charge is 0.163 e. The van der Waals surface area contributed by atoms with Crippen LogP contribution in [0.15, 0.2) is 35.1 Å². The maximum Gasteiger partial charge on any atom is 0.163 e. The highest BCUT2D eigenvalue weighted by molar-refractivity contribution is 9.10. The standard InChI is InChI=1S/C23H23BrClFN4O3/c1-31-21-5-15-19(8-22(21)33-11-14-9-30-4-2-3-13(30)10-32-14)27-12-28-23(15)29-20-7-17(25)16(24)6-18(20)26/h5-8,12-14H,2-4,9-11H2,1H3,(H,27,28,29)/t13-,14-/m0/s1. The van der Waals surface area contributed by atoms with Crippen molar-refractivity contribution in [2.24, 2.45) is 0 Å². The number of methoxy groups -OCH3 is 1. The molecule has 2 saturated heterocycles. The summed E-state index contributed by atoms with van der Waals surface area (Å²) in [4.78, 5) is 11.1. The van der Waals surface area contributed by atoms with Crippen LogP contribution in [0.4, 0.5) is 15.9 Å². The van der Waals surface area contributed by atoms with Crippen molar-refractivity contribution in [2.75, 3.05) is 38.7 Å². The van der Waals surface area contributed by atoms with Gasteiger partial charge in [0, 0.05) is 28.5 Å². The fourth-order valence-electron chi connectivity index (χ4n) is 4.35. The second-order valence-corrected chi connectivity index (χ2v) is 9.43. The first-order valence-electron chi connectivity index (χ1n) is 10.7. The van der Waals surface area contributed by atoms with Crippen molar-refractivity contribution in [1.82, 2.24) is 14.9 Å². The van der Waals surface area contributed by atoms with Gasteiger partial charge in [-0.25, -0.2) is 14.4 Å². The number of halogens is 3. The molecule has 5 rings (SSSR count). The van der Waals surface area contributed by atoms with E-state index in [-0.39, 0.29) is 11.8 Å². The molecule has 174 valence electrons. The van der Waals surface area contributed by atoms with Crippen molar-refractivity contribution in [3.63, 3.8) is 0 Å². The van der Waals surface area contributed by atoms with Gasteiger partial charge in [-0.15, -0.1) is 0 Å². The third kappa shape index (κ3) is 4.73. The number of fused-ring (bicyclic) bond motifs is 2. The van der Waals surface area contributed by atoms with Crippen LogP contribution in [0.2, 0.25) is 5.02 Å². The van der Waals surface area contributed by atoms with E-state index < -0.39 is 5.82 Å². The van der Waals surface area contributed by atoms with Gasteiger partial charge in [0.25, 0.3) is 0 Å². The first-order valence-corrected chi connectivity index (χ1v) is 11.9. The van der Waals surface area contributed by atoms with Gasteiger partial charge < -0.3 is 19.5 Å². The van der Waals surface area contributed by atoms with Crippen molar-refractivity contribution in [3.8, 4) is 11.5 Å². The summed E-state index contributed by atoms with van der Waals surface area (Å²) in [7, 11) is 1.57. The molecule has 0 radical (unpaired) electrons. The highest BCUT2D eigenvalue weighted by Gasteiger charge is 2.32. The molecule has 3 heterocycles. The van der Waals surface area contributed by atoms with E-state index in [0.29, 0.717) is 50.4 Å². The van der Waals surface area contributed by atoms with Crippen molar-refractivity contribution < 1.29 is 18.6 Å². The lowest BCUT2D eigenvalue weighted by Gasteiger charge is -2.35. The molecular formula is C23H23BrClFN4O3. The van der Waals surface area contributed by atoms with Crippen LogP contribution in [0, 0.1) is 5.82 Å². The molecule has 2 aliphatic rings. The predicted molar refractivity (Wildman–Crippen MR) is 128 cm³/mol. The first-order chi connectivity index (χ1) is 16.0. The number of hydrogen-bond acceptors (Lipinski definition) is 7. The summed E-state index contributed by atoms with van der Waals surface area (Å²) in [6.07, 6.45) is 3.86. The van der Waals surface area contributed by atoms with Gasteiger partial charge in [0.05, 0.1) is 29.9 Å². The molecule has 2 fully saturated rings. The molecule has 33 heavy (non-hydrogen) atoms. The summed E-state index contributed by atoms with van der Waals surface area (Å²) in [6.45, 7) is 3.17. The van der Waals surface area contributed by atoms with E-state index in [1.165, 1.54) is 31.3 Å². The van der Waals surface area contributed by atoms with Crippen molar-refractivity contribution in [1.29, 1.82) is 0 Å². The minimum atomic E-state index is -0.460. The summed E-state index contributed by atoms with van der Waals surface area (Å²) in [5, 5.41) is 4.05. The molecule has 2 aromatic carbocycles. The van der Waals surface area contributed by atoms with Crippen LogP contribution in [0.1, 0.15) is 12.8 Å². The lowest BCUT2D eigenvalue weighted by atomic mass is 10.2. The van der Waals surface area contributed by atoms with Crippen LogP contribution in [0.5, 0.6) is 11.5 Å². The molecule has 0 aliphatic carbocycles. The molecule has 2 aliphatic heterocycles. The van der Waals surface area contributed by atoms with E-state index in [1.807, 2.05) is 0 Å². The highest BCUT2D eigenvalue weighted by atomic mass is 79.9. The van der Waals surface area contributed by atoms with Gasteiger partial charge in [-0.1, -0.05) is 11.6 Å². The third-order valence-electron chi connectivity index (χ3n) is 6.07. The fourth-order valence-corrected chi connectivity index (χ4v) is 4.83. The van der Waals surface area contributed by atoms with Gasteiger partial charge in [0.15, 0.2) is 11.5 Å². The van der Waals surface area contributed by atoms with Crippen molar-refractivity contribution >= 4 is 49.9 Å². The molecule has 1 aromatic heterocycles. The molecule has 2 atom stereocenters. The lowest BCUT2D eigenvalue weighted by molar-refractivity contribution is -0.0655. The average molecular weight is 538 g/mol. The zero-order valence-electron chi connectivity index (χ0n) is 18.0. The van der Waals surface area contributed by atoms with Gasteiger partial charge in [0.1, 0.15) is 30.7 Å². The summed E-state index contributed by atoms with van der Waals surface area (Å²) in [6, 6.07) is 6.93. The molecule has 0 saturated carbocycles. The monoisotopic (exact) mass is 536 g/mol. The van der Waals surface area contributed by atoms with Gasteiger partial charge in [-0.05, 0) is 53.5 Å². The summed E-state index contributed by atoms with van der Waals surface area (Å²) in [5.41, 5.74) is 0.841. The Kier molecular flexibility index (Phi) is 6.56. The van der Waals surface area contributed by atoms with Crippen LogP contribution in [0.25, 0.3) is 10.9 Å². The predicted octanol–water partition coefficient (Wildman–Crippen LogP) is 5.18. The molecule has 0 amide bonds. The molecule has 0 spiro atoms. The van der Waals surface area contributed by atoms with Gasteiger partial charge in [-0.2, -0.15) is 0 Å². The summed E-state index contributed by atoms with van der Waals surface area (Å²) < 4.78 is 32.6. The molecule has 0 bridgehead atoms. The molecular weight excluding hydrogens is 515 g/mol. The fraction of sp³-hybridized carbons (Fsp3) is 0.391. The molecule has 10 heteroatoms. The first kappa shape index (κ1) is 22.6. The number of hydrogen-bond donors (Lipinski definition) is 1. The van der Waals surface area contributed by atoms with Gasteiger partial charge in [-0.3, -0.25) is 4.90 Å². The number of aromatic nitrogens is 2. The molecule has 0 unspecified atom stereocenters. The Morgan fingerprint density at radius 1 is 1.27 bits per heavy atom. The van der Waals surface area contributed by atoms with Crippen LogP contribution in [-0.4, -0.2) is 60.4 Å². The Labute approximate surface area is 204 Å². The van der Waals surface area contributed by atoms with E-state index in [1.54, 1.807) is 19.2 Å². The second kappa shape index (κ2) is 9.58. The number of anilines is 2. The number of nitrogens with zero attached hydrogens (tertiary/aromatic N) is 3. The summed E-state index contributed by atoms with van der Waals surface area (Å²) >= 11 is 9.35. The summed E-state index contributed by atoms with van der Waals surface area (Å²) in [5.74, 6) is 1.07. The average Bonchev–Trinajstić information content (AvgIpc) is 3.28. The number of nitrogens with one attached hydrogen (secondary N) is 1. The highest BCUT2D eigenvalue weighted by Crippen LogP contribution is 2.36. The maximum atomic E-state index is 14.4. The maximum absolute atomic E-state index is 14.4. The minimum Gasteiger partial charge on any atom is -0.493 e. The lowest BCUT2D eigenvalue weighted by Crippen LogP contribution is -2.48. The Hall–Kier alpha value is -2.20. The molecule has 1 N–H and O–H groups in total. The van der Waals surface area contributed by atoms with Crippen molar-refractivity contribution in [2.45, 2.75) is 25.0 Å². The number of rotatable bonds is 6. The minimum absolute atomic E-state index is 0.00695. The quantitative estimate of drug-likeness (QED) is 0.435. The number of benzene rings is 2. The van der Waals surface area contributed by atoms with Crippen molar-refractivity contribution in [3.05, 3.63) is 45.9 Å². The van der Waals surface area contributed by atoms with E-state index in [2.05, 4.69) is 36.1 Å². The largest absolute Gasteiger partial charge is 0.493 e. The molecule has 3 aromatic rings. The Balaban J connectivity index is 1.37. The third-order valence-corrected chi connectivity index (χ3v) is 7.27. The van der Waals surface area contributed by atoms with Crippen LogP contribution in [0.3, 0.4) is 0 Å². The second-order valence-electron chi connectivity index (χ2n) is 8.17. The Bertz CT molecular complexity index is 1180. The number of morpholine rings is 1. The topological polar surface area (TPSA) is 68.7 Å². The Morgan fingerprint density at radius 2 is 2.15 bits per heavy atom. The Morgan fingerprint density at radius 3 is 3.00 bits per heavy atom. The normalized spacial score (nSPS) is 20.6. The number of ether oxygens (including phenoxy) is 3.